The molecule has 4 heteroatoms. The number of benzene rings is 1. The molecule has 1 rings (SSSR count). The molecule has 0 aromatic heterocycles. The number of hydrogen-bond acceptors (Lipinski definition) is 1. The Morgan fingerprint density at radius 2 is 1.50 bits per heavy atom. The number of halogens is 1. The van der Waals surface area contributed by atoms with Gasteiger partial charge in [0.2, 0.25) is 0 Å². The van der Waals surface area contributed by atoms with Crippen LogP contribution in [-0.4, -0.2) is 17.3 Å². The zero-order chi connectivity index (χ0) is 12.3. The molecule has 0 saturated carbocycles. The maximum absolute atomic E-state index is 10.2. The Morgan fingerprint density at radius 3 is 1.81 bits per heavy atom. The number of hydrogen-bond donors (Lipinski definition) is 1. The summed E-state index contributed by atoms with van der Waals surface area (Å²) in [5.41, 5.74) is 3.24. The molecule has 1 aromatic carbocycles. The second-order valence-electron chi connectivity index (χ2n) is 4.65. The summed E-state index contributed by atoms with van der Waals surface area (Å²) in [6, 6.07) is 4.14. The molecule has 1 aromatic rings. The molecule has 0 aliphatic carbocycles. The second kappa shape index (κ2) is 5.99. The van der Waals surface area contributed by atoms with Crippen LogP contribution in [0.4, 0.5) is 0 Å². The van der Waals surface area contributed by atoms with E-state index in [4.69, 9.17) is 0 Å². The van der Waals surface area contributed by atoms with Gasteiger partial charge in [-0.2, -0.15) is 22.4 Å². The van der Waals surface area contributed by atoms with Crippen LogP contribution in [0.1, 0.15) is 50.7 Å². The molecule has 0 amide bonds. The lowest BCUT2D eigenvalue weighted by atomic mass is 9.50. The van der Waals surface area contributed by atoms with Gasteiger partial charge in [0.1, 0.15) is 12.9 Å². The third-order valence-corrected chi connectivity index (χ3v) is 3.05. The Kier molecular flexibility index (Phi) is 5.22. The van der Waals surface area contributed by atoms with Crippen LogP contribution in [0.25, 0.3) is 0 Å². The van der Waals surface area contributed by atoms with Gasteiger partial charge in [-0.1, -0.05) is 45.3 Å². The van der Waals surface area contributed by atoms with E-state index in [1.54, 1.807) is 0 Å². The zero-order valence-corrected chi connectivity index (χ0v) is 12.4. The first kappa shape index (κ1) is 13.9. The van der Waals surface area contributed by atoms with E-state index in [1.807, 2.05) is 5.03 Å². The molecular weight excluding hydrogens is 309 g/mol. The summed E-state index contributed by atoms with van der Waals surface area (Å²) in [4.78, 5) is 0. The van der Waals surface area contributed by atoms with Crippen LogP contribution in [0.5, 0.6) is 5.75 Å². The van der Waals surface area contributed by atoms with Crippen molar-refractivity contribution in [2.75, 3.05) is 0 Å². The van der Waals surface area contributed by atoms with Crippen LogP contribution >= 0.6 is 22.4 Å². The highest BCUT2D eigenvalue weighted by Gasteiger charge is 2.14. The largest absolute Gasteiger partial charge is 0.507 e. The molecule has 0 bridgehead atoms. The first-order valence-corrected chi connectivity index (χ1v) is 6.85. The van der Waals surface area contributed by atoms with Crippen LogP contribution in [0.15, 0.2) is 12.1 Å². The Morgan fingerprint density at radius 1 is 1.06 bits per heavy atom. The maximum Gasteiger partial charge on any atom is 0.160 e. The first-order chi connectivity index (χ1) is 7.47. The molecule has 1 nitrogen and oxygen atoms in total. The molecular formula is C12H17B2IO. The summed E-state index contributed by atoms with van der Waals surface area (Å²) >= 11 is 2.21. The van der Waals surface area contributed by atoms with Gasteiger partial charge in [-0.05, 0) is 23.0 Å². The van der Waals surface area contributed by atoms with E-state index in [2.05, 4.69) is 69.4 Å². The molecule has 0 fully saturated rings. The van der Waals surface area contributed by atoms with E-state index in [-0.39, 0.29) is 0 Å². The van der Waals surface area contributed by atoms with Gasteiger partial charge < -0.3 is 5.11 Å². The SMILES string of the molecule is CC(C)c1cc([B][B]I)cc(C(C)C)c1O. The van der Waals surface area contributed by atoms with Gasteiger partial charge in [-0.15, -0.1) is 0 Å². The molecule has 0 heterocycles. The van der Waals surface area contributed by atoms with E-state index in [0.717, 1.165) is 11.1 Å². The monoisotopic (exact) mass is 326 g/mol. The number of phenols is 1. The predicted octanol–water partition coefficient (Wildman–Crippen LogP) is 2.94. The Bertz CT molecular complexity index is 335. The molecule has 1 N–H and O–H groups in total. The van der Waals surface area contributed by atoms with E-state index in [1.165, 1.54) is 5.46 Å². The minimum Gasteiger partial charge on any atom is -0.507 e. The van der Waals surface area contributed by atoms with Gasteiger partial charge in [0.15, 0.2) is 5.03 Å². The van der Waals surface area contributed by atoms with Gasteiger partial charge in [0, 0.05) is 0 Å². The van der Waals surface area contributed by atoms with Gasteiger partial charge >= 0.3 is 0 Å². The van der Waals surface area contributed by atoms with Crippen molar-refractivity contribution >= 4 is 40.0 Å². The van der Waals surface area contributed by atoms with Crippen molar-refractivity contribution in [2.24, 2.45) is 0 Å². The second-order valence-corrected chi connectivity index (χ2v) is 5.37. The van der Waals surface area contributed by atoms with Crippen molar-refractivity contribution < 1.29 is 5.11 Å². The molecule has 0 aliphatic rings. The lowest BCUT2D eigenvalue weighted by Crippen LogP contribution is -2.19. The van der Waals surface area contributed by atoms with E-state index in [9.17, 15) is 5.11 Å². The summed E-state index contributed by atoms with van der Waals surface area (Å²) in [5, 5.41) is 12.2. The summed E-state index contributed by atoms with van der Waals surface area (Å²) < 4.78 is 0. The Labute approximate surface area is 113 Å². The van der Waals surface area contributed by atoms with Crippen LogP contribution in [-0.2, 0) is 0 Å². The molecule has 16 heavy (non-hydrogen) atoms. The fraction of sp³-hybridized carbons (Fsp3) is 0.500. The number of aromatic hydroxyl groups is 1. The standard InChI is InChI=1S/C12H17B2IO/c1-7(2)10-5-9(13-14-15)6-11(8(3)4)12(10)16/h5-8,16H,1-4H3. The quantitative estimate of drug-likeness (QED) is 0.666. The average Bonchev–Trinajstić information content (AvgIpc) is 2.19. The van der Waals surface area contributed by atoms with Crippen molar-refractivity contribution in [3.05, 3.63) is 23.3 Å². The molecule has 0 unspecified atom stereocenters. The summed E-state index contributed by atoms with van der Waals surface area (Å²) in [6.45, 7) is 8.43. The van der Waals surface area contributed by atoms with Gasteiger partial charge in [-0.3, -0.25) is 0 Å². The van der Waals surface area contributed by atoms with Gasteiger partial charge in [0.25, 0.3) is 0 Å². The molecule has 2 radical (unpaired) electrons. The highest BCUT2D eigenvalue weighted by molar-refractivity contribution is 14.1. The van der Waals surface area contributed by atoms with E-state index >= 15 is 0 Å². The van der Waals surface area contributed by atoms with Gasteiger partial charge in [0.05, 0.1) is 0 Å². The number of phenolic OH excluding ortho intramolecular Hbond substituents is 1. The molecule has 0 spiro atoms. The molecule has 0 saturated heterocycles. The highest BCUT2D eigenvalue weighted by atomic mass is 127. The van der Waals surface area contributed by atoms with Crippen molar-refractivity contribution in [3.63, 3.8) is 0 Å². The Balaban J connectivity index is 3.27. The number of rotatable bonds is 4. The average molecular weight is 326 g/mol. The zero-order valence-electron chi connectivity index (χ0n) is 10.3. The van der Waals surface area contributed by atoms with E-state index in [0.29, 0.717) is 17.6 Å². The molecule has 84 valence electrons. The van der Waals surface area contributed by atoms with Crippen LogP contribution in [0.2, 0.25) is 0 Å². The maximum atomic E-state index is 10.2. The summed E-state index contributed by atoms with van der Waals surface area (Å²) in [6.07, 6.45) is 0. The van der Waals surface area contributed by atoms with Crippen molar-refractivity contribution in [3.8, 4) is 5.75 Å². The summed E-state index contributed by atoms with van der Waals surface area (Å²) in [5.74, 6) is 1.16. The predicted molar refractivity (Wildman–Crippen MR) is 81.4 cm³/mol. The minimum atomic E-state index is 0.347. The van der Waals surface area contributed by atoms with Crippen molar-refractivity contribution in [2.45, 2.75) is 39.5 Å². The third kappa shape index (κ3) is 3.19. The fourth-order valence-electron chi connectivity index (χ4n) is 1.75. The Hall–Kier alpha value is -0.120. The van der Waals surface area contributed by atoms with Crippen LogP contribution < -0.4 is 5.46 Å². The lowest BCUT2D eigenvalue weighted by molar-refractivity contribution is 0.455. The van der Waals surface area contributed by atoms with Gasteiger partial charge in [-0.25, -0.2) is 0 Å². The van der Waals surface area contributed by atoms with Crippen molar-refractivity contribution in [1.82, 2.24) is 0 Å². The minimum absolute atomic E-state index is 0.347. The fourth-order valence-corrected chi connectivity index (χ4v) is 2.17. The first-order valence-electron chi connectivity index (χ1n) is 5.61. The molecule has 0 atom stereocenters. The third-order valence-electron chi connectivity index (χ3n) is 2.69. The topological polar surface area (TPSA) is 20.2 Å². The lowest BCUT2D eigenvalue weighted by Gasteiger charge is -2.17. The summed E-state index contributed by atoms with van der Waals surface area (Å²) in [7, 11) is 2.07. The molecule has 0 aliphatic heterocycles. The van der Waals surface area contributed by atoms with Crippen LogP contribution in [0.3, 0.4) is 0 Å². The van der Waals surface area contributed by atoms with E-state index < -0.39 is 0 Å². The highest BCUT2D eigenvalue weighted by Crippen LogP contribution is 2.32. The van der Waals surface area contributed by atoms with Crippen molar-refractivity contribution in [1.29, 1.82) is 0 Å². The smallest absolute Gasteiger partial charge is 0.160 e. The van der Waals surface area contributed by atoms with Crippen LogP contribution in [0, 0.1) is 0 Å². The normalized spacial score (nSPS) is 10.9.